The van der Waals surface area contributed by atoms with Gasteiger partial charge in [-0.3, -0.25) is 4.79 Å². The monoisotopic (exact) mass is 783 g/mol. The minimum absolute atomic E-state index is 0.157. The van der Waals surface area contributed by atoms with E-state index >= 15 is 0 Å². The van der Waals surface area contributed by atoms with E-state index in [9.17, 15) is 15.0 Å². The third kappa shape index (κ3) is 12.1. The molecule has 58 heavy (non-hydrogen) atoms. The van der Waals surface area contributed by atoms with Crippen molar-refractivity contribution < 1.29 is 38.7 Å². The van der Waals surface area contributed by atoms with Gasteiger partial charge in [0, 0.05) is 18.6 Å². The molecule has 1 radical (unpaired) electrons. The third-order valence-electron chi connectivity index (χ3n) is 10.4. The summed E-state index contributed by atoms with van der Waals surface area (Å²) >= 11 is 0. The Hall–Kier alpha value is -4.93. The molecule has 1 heterocycles. The molecule has 1 saturated heterocycles. The van der Waals surface area contributed by atoms with Crippen molar-refractivity contribution in [3.05, 3.63) is 197 Å². The van der Waals surface area contributed by atoms with Crippen LogP contribution in [-0.4, -0.2) is 53.8 Å². The molecule has 5 aromatic carbocycles. The first kappa shape index (κ1) is 42.7. The average molecular weight is 784 g/mol. The summed E-state index contributed by atoms with van der Waals surface area (Å²) in [6.45, 7) is 7.62. The number of carboxylic acid groups (broad SMARTS) is 1. The number of hydrogen-bond donors (Lipinski definition) is 2. The molecule has 0 bridgehead atoms. The molecule has 8 heteroatoms. The van der Waals surface area contributed by atoms with Gasteiger partial charge in [-0.1, -0.05) is 133 Å². The SMILES string of the molecule is C=CCOCCCCc1ccc(Cc2cc([C@]3(O)O[C@H]([CH]CC(=O)O)[C@@H](OCc4ccccc4)[C@H](OCc4ccccc4)[C@H]3OCc3ccccc3)ccc2C)cc1. The number of carbonyl (C=O) groups is 1. The van der Waals surface area contributed by atoms with Gasteiger partial charge in [-0.25, -0.2) is 0 Å². The van der Waals surface area contributed by atoms with Crippen LogP contribution in [-0.2, 0) is 66.9 Å². The lowest BCUT2D eigenvalue weighted by molar-refractivity contribution is -0.369. The standard InChI is InChI=1S/C50H55O8/c1-3-30-54-31-14-13-15-38-23-25-39(26-24-38)32-43-33-44(27-22-37(43)2)50(53)49(57-36-42-20-11-6-12-21-42)48(56-35-41-18-9-5-10-19-41)47(45(58-50)28-29-46(51)52)55-34-40-16-7-4-8-17-40/h3-12,16-28,33,45,47-49,53H,1,13-15,29-32,34-36H2,2H3,(H,51,52)/t45-,47-,48+,49-,50+/m1/s1. The Morgan fingerprint density at radius 3 is 1.88 bits per heavy atom. The average Bonchev–Trinajstić information content (AvgIpc) is 3.25. The molecule has 0 aromatic heterocycles. The zero-order valence-corrected chi connectivity index (χ0v) is 33.3. The molecule has 0 saturated carbocycles. The Labute approximate surface area is 343 Å². The van der Waals surface area contributed by atoms with Crippen LogP contribution < -0.4 is 0 Å². The summed E-state index contributed by atoms with van der Waals surface area (Å²) < 4.78 is 32.4. The van der Waals surface area contributed by atoms with E-state index in [1.54, 1.807) is 12.5 Å². The fraction of sp³-hybridized carbons (Fsp3) is 0.320. The molecule has 5 aromatic rings. The van der Waals surface area contributed by atoms with Crippen LogP contribution in [0.4, 0.5) is 0 Å². The summed E-state index contributed by atoms with van der Waals surface area (Å²) in [4.78, 5) is 12.0. The second-order valence-corrected chi connectivity index (χ2v) is 14.8. The van der Waals surface area contributed by atoms with Crippen molar-refractivity contribution in [3.63, 3.8) is 0 Å². The number of rotatable bonds is 22. The van der Waals surface area contributed by atoms with E-state index in [1.165, 1.54) is 5.56 Å². The van der Waals surface area contributed by atoms with Crippen LogP contribution in [0.5, 0.6) is 0 Å². The van der Waals surface area contributed by atoms with Crippen molar-refractivity contribution >= 4 is 5.97 Å². The summed E-state index contributed by atoms with van der Waals surface area (Å²) in [7, 11) is 0. The molecular weight excluding hydrogens is 729 g/mol. The Morgan fingerprint density at radius 2 is 1.29 bits per heavy atom. The summed E-state index contributed by atoms with van der Waals surface area (Å²) in [5.74, 6) is -3.09. The Kier molecular flexibility index (Phi) is 16.0. The maximum Gasteiger partial charge on any atom is 0.303 e. The molecular formula is C50H55O8. The van der Waals surface area contributed by atoms with E-state index in [0.29, 0.717) is 18.6 Å². The maximum absolute atomic E-state index is 13.1. The highest BCUT2D eigenvalue weighted by Crippen LogP contribution is 2.43. The highest BCUT2D eigenvalue weighted by molar-refractivity contribution is 5.68. The predicted molar refractivity (Wildman–Crippen MR) is 225 cm³/mol. The van der Waals surface area contributed by atoms with Crippen molar-refractivity contribution in [2.45, 2.75) is 89.1 Å². The van der Waals surface area contributed by atoms with Crippen LogP contribution in [0.2, 0.25) is 0 Å². The van der Waals surface area contributed by atoms with Crippen molar-refractivity contribution in [1.82, 2.24) is 0 Å². The molecule has 1 aliphatic heterocycles. The highest BCUT2D eigenvalue weighted by atomic mass is 16.7. The van der Waals surface area contributed by atoms with Gasteiger partial charge < -0.3 is 33.9 Å². The van der Waals surface area contributed by atoms with E-state index in [-0.39, 0.29) is 26.2 Å². The summed E-state index contributed by atoms with van der Waals surface area (Å²) in [6.07, 6.45) is 2.84. The number of aliphatic hydroxyl groups is 1. The van der Waals surface area contributed by atoms with Crippen LogP contribution in [0.1, 0.15) is 63.8 Å². The molecule has 2 N–H and O–H groups in total. The first-order valence-corrected chi connectivity index (χ1v) is 20.1. The molecule has 1 fully saturated rings. The van der Waals surface area contributed by atoms with Crippen LogP contribution in [0.25, 0.3) is 0 Å². The van der Waals surface area contributed by atoms with Gasteiger partial charge in [-0.2, -0.15) is 0 Å². The van der Waals surface area contributed by atoms with E-state index in [0.717, 1.165) is 59.3 Å². The van der Waals surface area contributed by atoms with Crippen LogP contribution in [0.15, 0.2) is 146 Å². The maximum atomic E-state index is 13.1. The van der Waals surface area contributed by atoms with Crippen molar-refractivity contribution in [2.75, 3.05) is 13.2 Å². The molecule has 6 rings (SSSR count). The van der Waals surface area contributed by atoms with Crippen LogP contribution in [0.3, 0.4) is 0 Å². The Bertz CT molecular complexity index is 1990. The highest BCUT2D eigenvalue weighted by Gasteiger charge is 2.57. The van der Waals surface area contributed by atoms with Crippen LogP contribution in [0, 0.1) is 13.3 Å². The minimum Gasteiger partial charge on any atom is -0.481 e. The summed E-state index contributed by atoms with van der Waals surface area (Å²) in [6, 6.07) is 43.7. The van der Waals surface area contributed by atoms with E-state index < -0.39 is 36.2 Å². The summed E-state index contributed by atoms with van der Waals surface area (Å²) in [5, 5.41) is 22.9. The number of hydrogen-bond acceptors (Lipinski definition) is 7. The summed E-state index contributed by atoms with van der Waals surface area (Å²) in [5.41, 5.74) is 7.71. The lowest BCUT2D eigenvalue weighted by atomic mass is 9.84. The van der Waals surface area contributed by atoms with Gasteiger partial charge in [0.2, 0.25) is 5.79 Å². The zero-order chi connectivity index (χ0) is 40.6. The molecule has 5 atom stereocenters. The molecule has 0 aliphatic carbocycles. The number of aliphatic carboxylic acids is 1. The van der Waals surface area contributed by atoms with Gasteiger partial charge in [0.15, 0.2) is 0 Å². The number of ether oxygens (including phenoxy) is 5. The normalized spacial score (nSPS) is 20.4. The van der Waals surface area contributed by atoms with Gasteiger partial charge in [0.05, 0.1) is 39.0 Å². The fourth-order valence-electron chi connectivity index (χ4n) is 7.26. The van der Waals surface area contributed by atoms with E-state index in [1.807, 2.05) is 109 Å². The molecule has 0 unspecified atom stereocenters. The van der Waals surface area contributed by atoms with Gasteiger partial charge in [-0.05, 0) is 77.6 Å². The number of aryl methyl sites for hydroxylation is 2. The number of unbranched alkanes of at least 4 members (excludes halogenated alkanes) is 1. The second-order valence-electron chi connectivity index (χ2n) is 14.8. The first-order valence-electron chi connectivity index (χ1n) is 20.1. The van der Waals surface area contributed by atoms with Crippen molar-refractivity contribution in [2.24, 2.45) is 0 Å². The smallest absolute Gasteiger partial charge is 0.303 e. The topological polar surface area (TPSA) is 104 Å². The van der Waals surface area contributed by atoms with Gasteiger partial charge in [0.1, 0.15) is 18.3 Å². The largest absolute Gasteiger partial charge is 0.481 e. The molecule has 1 aliphatic rings. The molecule has 8 nitrogen and oxygen atoms in total. The number of carboxylic acids is 1. The van der Waals surface area contributed by atoms with Crippen molar-refractivity contribution in [3.8, 4) is 0 Å². The van der Waals surface area contributed by atoms with Gasteiger partial charge in [0.25, 0.3) is 0 Å². The van der Waals surface area contributed by atoms with Crippen LogP contribution >= 0.6 is 0 Å². The molecule has 0 spiro atoms. The quantitative estimate of drug-likeness (QED) is 0.0530. The van der Waals surface area contributed by atoms with Crippen molar-refractivity contribution in [1.29, 1.82) is 0 Å². The van der Waals surface area contributed by atoms with E-state index in [4.69, 9.17) is 23.7 Å². The zero-order valence-electron chi connectivity index (χ0n) is 33.3. The predicted octanol–water partition coefficient (Wildman–Crippen LogP) is 9.09. The Balaban J connectivity index is 1.33. The minimum atomic E-state index is -2.07. The lowest BCUT2D eigenvalue weighted by Gasteiger charge is -2.50. The van der Waals surface area contributed by atoms with Gasteiger partial charge >= 0.3 is 5.97 Å². The third-order valence-corrected chi connectivity index (χ3v) is 10.4. The van der Waals surface area contributed by atoms with Gasteiger partial charge in [-0.15, -0.1) is 6.58 Å². The lowest BCUT2D eigenvalue weighted by Crippen LogP contribution is -2.65. The molecule has 303 valence electrons. The molecule has 0 amide bonds. The second kappa shape index (κ2) is 21.7. The van der Waals surface area contributed by atoms with E-state index in [2.05, 4.69) is 37.8 Å². The Morgan fingerprint density at radius 1 is 0.724 bits per heavy atom. The first-order chi connectivity index (χ1) is 28.3. The fourth-order valence-corrected chi connectivity index (χ4v) is 7.26. The number of benzene rings is 5.